The van der Waals surface area contributed by atoms with Crippen molar-refractivity contribution in [2.45, 2.75) is 20.0 Å². The smallest absolute Gasteiger partial charge is 0.411 e. The number of hydrogen-bond donors (Lipinski definition) is 5. The molecule has 9 nitrogen and oxygen atoms in total. The van der Waals surface area contributed by atoms with Crippen LogP contribution in [0.15, 0.2) is 24.3 Å². The summed E-state index contributed by atoms with van der Waals surface area (Å²) in [5.41, 5.74) is 0.628. The van der Waals surface area contributed by atoms with Crippen molar-refractivity contribution in [3.05, 3.63) is 29.3 Å². The maximum atomic E-state index is 11.2. The first kappa shape index (κ1) is 22.4. The average Bonchev–Trinajstić information content (AvgIpc) is 2.36. The second-order valence-corrected chi connectivity index (χ2v) is 6.81. The van der Waals surface area contributed by atoms with Gasteiger partial charge < -0.3 is 19.6 Å². The van der Waals surface area contributed by atoms with Gasteiger partial charge in [0.1, 0.15) is 0 Å². The molecule has 1 rings (SSSR count). The van der Waals surface area contributed by atoms with Gasteiger partial charge in [-0.25, -0.2) is 4.79 Å². The second kappa shape index (κ2) is 11.0. The summed E-state index contributed by atoms with van der Waals surface area (Å²) in [6.45, 7) is 3.14. The molecule has 24 heavy (non-hydrogen) atoms. The second-order valence-electron chi connectivity index (χ2n) is 4.73. The van der Waals surface area contributed by atoms with Gasteiger partial charge in [0.05, 0.1) is 18.9 Å². The van der Waals surface area contributed by atoms with Crippen LogP contribution in [0.25, 0.3) is 0 Å². The van der Waals surface area contributed by atoms with Gasteiger partial charge >= 0.3 is 19.7 Å². The van der Waals surface area contributed by atoms with Crippen LogP contribution < -0.4 is 10.6 Å². The van der Waals surface area contributed by atoms with Crippen LogP contribution in [-0.4, -0.2) is 45.9 Å². The summed E-state index contributed by atoms with van der Waals surface area (Å²) in [7, 11) is -4.10. The van der Waals surface area contributed by atoms with Crippen molar-refractivity contribution in [3.63, 3.8) is 0 Å². The molecule has 0 bridgehead atoms. The highest BCUT2D eigenvalue weighted by Crippen LogP contribution is 2.31. The fourth-order valence-electron chi connectivity index (χ4n) is 1.24. The molecular weight excluding hydrogens is 363 g/mol. The van der Waals surface area contributed by atoms with Crippen molar-refractivity contribution in [1.29, 1.82) is 0 Å². The number of hydrogen-bond acceptors (Lipinski definition) is 5. The van der Waals surface area contributed by atoms with Crippen molar-refractivity contribution >= 4 is 36.9 Å². The Labute approximate surface area is 144 Å². The third kappa shape index (κ3) is 14.0. The maximum Gasteiger partial charge on any atom is 0.411 e. The van der Waals surface area contributed by atoms with Crippen molar-refractivity contribution in [3.8, 4) is 0 Å². The first-order valence-corrected chi connectivity index (χ1v) is 8.87. The van der Waals surface area contributed by atoms with E-state index in [1.807, 2.05) is 0 Å². The highest BCUT2D eigenvalue weighted by Gasteiger charge is 2.11. The summed E-state index contributed by atoms with van der Waals surface area (Å²) in [5.74, 6) is -1.14. The molecule has 0 spiro atoms. The Bertz CT molecular complexity index is 591. The molecule has 5 N–H and O–H groups in total. The lowest BCUT2D eigenvalue weighted by atomic mass is 10.3. The number of carboxylic acids is 1. The average molecular weight is 383 g/mol. The molecule has 0 aliphatic carbocycles. The lowest BCUT2D eigenvalue weighted by Crippen LogP contribution is -2.23. The molecule has 0 heterocycles. The zero-order valence-corrected chi connectivity index (χ0v) is 14.8. The minimum atomic E-state index is -4.10. The van der Waals surface area contributed by atoms with Gasteiger partial charge in [-0.1, -0.05) is 17.7 Å². The van der Waals surface area contributed by atoms with E-state index in [0.717, 1.165) is 0 Å². The molecule has 0 fully saturated rings. The van der Waals surface area contributed by atoms with Crippen LogP contribution >= 0.6 is 19.2 Å². The van der Waals surface area contributed by atoms with Crippen molar-refractivity contribution in [2.75, 3.05) is 18.1 Å². The van der Waals surface area contributed by atoms with Gasteiger partial charge in [0.25, 0.3) is 0 Å². The Morgan fingerprint density at radius 2 is 1.96 bits per heavy atom. The minimum absolute atomic E-state index is 0.130. The highest BCUT2D eigenvalue weighted by atomic mass is 35.5. The lowest BCUT2D eigenvalue weighted by molar-refractivity contribution is -0.135. The zero-order chi connectivity index (χ0) is 18.8. The Kier molecular flexibility index (Phi) is 10.3. The third-order valence-electron chi connectivity index (χ3n) is 2.01. The molecule has 1 aromatic rings. The topological polar surface area (TPSA) is 145 Å². The molecule has 0 aliphatic heterocycles. The molecular formula is C13H20ClN2O7P. The van der Waals surface area contributed by atoms with Gasteiger partial charge in [-0.2, -0.15) is 0 Å². The number of carboxylic acid groups (broad SMARTS) is 1. The number of amides is 1. The SMILES string of the molecule is CC(C)OC(=O)Nc1cccc(Cl)c1.O=C(O)CNCP(=O)(O)O. The molecule has 0 unspecified atom stereocenters. The summed E-state index contributed by atoms with van der Waals surface area (Å²) in [4.78, 5) is 37.3. The monoisotopic (exact) mass is 382 g/mol. The summed E-state index contributed by atoms with van der Waals surface area (Å²) in [5, 5.41) is 13.2. The van der Waals surface area contributed by atoms with Gasteiger partial charge in [-0.15, -0.1) is 0 Å². The normalized spacial score (nSPS) is 10.6. The number of nitrogens with one attached hydrogen (secondary N) is 2. The van der Waals surface area contributed by atoms with E-state index in [-0.39, 0.29) is 6.10 Å². The molecule has 0 atom stereocenters. The summed E-state index contributed by atoms with van der Waals surface area (Å²) in [6.07, 6.45) is -1.20. The van der Waals surface area contributed by atoms with Crippen LogP contribution in [0.4, 0.5) is 10.5 Å². The van der Waals surface area contributed by atoms with E-state index in [2.05, 4.69) is 10.6 Å². The van der Waals surface area contributed by atoms with Gasteiger partial charge in [-0.3, -0.25) is 20.0 Å². The first-order valence-electron chi connectivity index (χ1n) is 6.70. The van der Waals surface area contributed by atoms with E-state index in [4.69, 9.17) is 31.2 Å². The van der Waals surface area contributed by atoms with E-state index in [1.54, 1.807) is 38.1 Å². The van der Waals surface area contributed by atoms with E-state index < -0.39 is 32.5 Å². The van der Waals surface area contributed by atoms with Gasteiger partial charge in [0, 0.05) is 10.7 Å². The number of rotatable bonds is 6. The van der Waals surface area contributed by atoms with E-state index in [1.165, 1.54) is 0 Å². The molecule has 136 valence electrons. The molecule has 0 saturated heterocycles. The largest absolute Gasteiger partial charge is 0.480 e. The number of carbonyl (C=O) groups is 2. The molecule has 1 aromatic carbocycles. The summed E-state index contributed by atoms with van der Waals surface area (Å²) in [6, 6.07) is 6.89. The Balaban J connectivity index is 0.000000470. The molecule has 1 amide bonds. The van der Waals surface area contributed by atoms with Crippen LogP contribution in [0.3, 0.4) is 0 Å². The number of anilines is 1. The highest BCUT2D eigenvalue weighted by molar-refractivity contribution is 7.51. The van der Waals surface area contributed by atoms with Crippen LogP contribution in [0.5, 0.6) is 0 Å². The number of halogens is 1. The Hall–Kier alpha value is -1.64. The molecule has 0 aliphatic rings. The molecule has 0 saturated carbocycles. The lowest BCUT2D eigenvalue weighted by Gasteiger charge is -2.09. The Morgan fingerprint density at radius 3 is 2.42 bits per heavy atom. The number of carbonyl (C=O) groups excluding carboxylic acids is 1. The van der Waals surface area contributed by atoms with E-state index >= 15 is 0 Å². The van der Waals surface area contributed by atoms with Crippen LogP contribution in [0, 0.1) is 0 Å². The predicted molar refractivity (Wildman–Crippen MR) is 89.2 cm³/mol. The quantitative estimate of drug-likeness (QED) is 0.470. The molecule has 0 aromatic heterocycles. The van der Waals surface area contributed by atoms with Crippen molar-refractivity contribution < 1.29 is 33.8 Å². The zero-order valence-electron chi connectivity index (χ0n) is 13.1. The Morgan fingerprint density at radius 1 is 1.33 bits per heavy atom. The van der Waals surface area contributed by atoms with E-state index in [9.17, 15) is 14.2 Å². The number of ether oxygens (including phenoxy) is 1. The summed E-state index contributed by atoms with van der Waals surface area (Å²) < 4.78 is 15.0. The summed E-state index contributed by atoms with van der Waals surface area (Å²) >= 11 is 5.74. The maximum absolute atomic E-state index is 11.2. The van der Waals surface area contributed by atoms with Crippen LogP contribution in [0.2, 0.25) is 5.02 Å². The van der Waals surface area contributed by atoms with Gasteiger partial charge in [0.2, 0.25) is 0 Å². The molecule has 0 radical (unpaired) electrons. The minimum Gasteiger partial charge on any atom is -0.480 e. The predicted octanol–water partition coefficient (Wildman–Crippen LogP) is 2.09. The first-order chi connectivity index (χ1) is 11.0. The third-order valence-corrected chi connectivity index (χ3v) is 2.88. The van der Waals surface area contributed by atoms with Crippen molar-refractivity contribution in [1.82, 2.24) is 5.32 Å². The fraction of sp³-hybridized carbons (Fsp3) is 0.385. The van der Waals surface area contributed by atoms with Gasteiger partial charge in [-0.05, 0) is 32.0 Å². The van der Waals surface area contributed by atoms with Crippen LogP contribution in [-0.2, 0) is 14.1 Å². The van der Waals surface area contributed by atoms with Gasteiger partial charge in [0.15, 0.2) is 0 Å². The molecule has 11 heteroatoms. The standard InChI is InChI=1S/C10H12ClNO2.C3H8NO5P/c1-7(2)14-10(13)12-9-5-3-4-8(11)6-9;5-3(6)1-4-2-10(7,8)9/h3-7H,1-2H3,(H,12,13);4H,1-2H2,(H,5,6)(H2,7,8,9). The number of aliphatic carboxylic acids is 1. The number of benzene rings is 1. The fourth-order valence-corrected chi connectivity index (χ4v) is 1.83. The van der Waals surface area contributed by atoms with E-state index in [0.29, 0.717) is 10.7 Å². The van der Waals surface area contributed by atoms with Crippen LogP contribution in [0.1, 0.15) is 13.8 Å². The van der Waals surface area contributed by atoms with Crippen molar-refractivity contribution in [2.24, 2.45) is 0 Å².